The first kappa shape index (κ1) is 15.6. The van der Waals surface area contributed by atoms with Crippen LogP contribution in [-0.2, 0) is 20.9 Å². The van der Waals surface area contributed by atoms with E-state index in [-0.39, 0.29) is 19.0 Å². The van der Waals surface area contributed by atoms with Crippen molar-refractivity contribution < 1.29 is 14.3 Å². The van der Waals surface area contributed by atoms with E-state index in [2.05, 4.69) is 15.1 Å². The molecule has 0 aliphatic rings. The van der Waals surface area contributed by atoms with Gasteiger partial charge in [0.25, 0.3) is 0 Å². The van der Waals surface area contributed by atoms with Gasteiger partial charge in [-0.1, -0.05) is 0 Å². The van der Waals surface area contributed by atoms with Gasteiger partial charge in [0, 0.05) is 25.0 Å². The molecule has 2 aromatic rings. The Bertz CT molecular complexity index is 641. The van der Waals surface area contributed by atoms with Gasteiger partial charge in [0.15, 0.2) is 0 Å². The molecule has 8 nitrogen and oxygen atoms in total. The quantitative estimate of drug-likeness (QED) is 0.716. The molecule has 1 amide bonds. The van der Waals surface area contributed by atoms with E-state index in [1.165, 1.54) is 15.9 Å². The number of esters is 1. The van der Waals surface area contributed by atoms with E-state index in [4.69, 9.17) is 4.74 Å². The topological polar surface area (TPSA) is 90.2 Å². The fraction of sp³-hybridized carbons (Fsp3) is 0.357. The molecule has 116 valence electrons. The second kappa shape index (κ2) is 7.30. The number of hydrogen-bond donors (Lipinski definition) is 0. The molecule has 0 saturated carbocycles. The summed E-state index contributed by atoms with van der Waals surface area (Å²) in [7, 11) is 1.55. The zero-order chi connectivity index (χ0) is 15.9. The average molecular weight is 303 g/mol. The molecular formula is C14H17N5O3. The van der Waals surface area contributed by atoms with Gasteiger partial charge in [-0.3, -0.25) is 14.3 Å². The van der Waals surface area contributed by atoms with E-state index in [1.54, 1.807) is 38.6 Å². The van der Waals surface area contributed by atoms with Crippen molar-refractivity contribution in [3.63, 3.8) is 0 Å². The molecule has 0 aliphatic carbocycles. The molecule has 0 atom stereocenters. The van der Waals surface area contributed by atoms with Crippen LogP contribution in [0.25, 0.3) is 11.3 Å². The van der Waals surface area contributed by atoms with Gasteiger partial charge in [-0.2, -0.15) is 5.10 Å². The van der Waals surface area contributed by atoms with Crippen LogP contribution in [0.15, 0.2) is 31.0 Å². The van der Waals surface area contributed by atoms with E-state index < -0.39 is 5.97 Å². The Labute approximate surface area is 127 Å². The summed E-state index contributed by atoms with van der Waals surface area (Å²) in [5.41, 5.74) is 1.52. The number of aromatic nitrogens is 4. The Morgan fingerprint density at radius 3 is 2.91 bits per heavy atom. The van der Waals surface area contributed by atoms with Crippen molar-refractivity contribution in [2.75, 3.05) is 20.2 Å². The summed E-state index contributed by atoms with van der Waals surface area (Å²) in [4.78, 5) is 32.7. The number of ether oxygens (including phenoxy) is 1. The van der Waals surface area contributed by atoms with Gasteiger partial charge in [-0.05, 0) is 13.0 Å². The molecule has 0 aromatic carbocycles. The van der Waals surface area contributed by atoms with Crippen LogP contribution in [0, 0.1) is 0 Å². The Balaban J connectivity index is 1.95. The first-order valence-corrected chi connectivity index (χ1v) is 6.78. The largest absolute Gasteiger partial charge is 0.465 e. The van der Waals surface area contributed by atoms with Crippen molar-refractivity contribution in [2.24, 2.45) is 0 Å². The van der Waals surface area contributed by atoms with E-state index in [0.29, 0.717) is 6.61 Å². The molecule has 0 N–H and O–H groups in total. The van der Waals surface area contributed by atoms with Crippen molar-refractivity contribution >= 4 is 11.9 Å². The van der Waals surface area contributed by atoms with Crippen molar-refractivity contribution in [3.05, 3.63) is 31.0 Å². The summed E-state index contributed by atoms with van der Waals surface area (Å²) in [6, 6.07) is 1.76. The molecular weight excluding hydrogens is 286 g/mol. The predicted molar refractivity (Wildman–Crippen MR) is 77.5 cm³/mol. The molecule has 0 aliphatic heterocycles. The zero-order valence-electron chi connectivity index (χ0n) is 12.5. The highest BCUT2D eigenvalue weighted by Gasteiger charge is 2.14. The summed E-state index contributed by atoms with van der Waals surface area (Å²) in [5.74, 6) is -0.661. The minimum Gasteiger partial charge on any atom is -0.465 e. The molecule has 22 heavy (non-hydrogen) atoms. The van der Waals surface area contributed by atoms with Gasteiger partial charge < -0.3 is 9.64 Å². The molecule has 2 heterocycles. The number of likely N-dealkylation sites (N-methyl/N-ethyl adjacent to an activating group) is 1. The van der Waals surface area contributed by atoms with Crippen molar-refractivity contribution in [1.29, 1.82) is 0 Å². The van der Waals surface area contributed by atoms with E-state index >= 15 is 0 Å². The maximum Gasteiger partial charge on any atom is 0.325 e. The predicted octanol–water partition coefficient (Wildman–Crippen LogP) is 0.362. The third-order valence-electron chi connectivity index (χ3n) is 2.91. The summed E-state index contributed by atoms with van der Waals surface area (Å²) >= 11 is 0. The highest BCUT2D eigenvalue weighted by atomic mass is 16.5. The zero-order valence-corrected chi connectivity index (χ0v) is 12.5. The lowest BCUT2D eigenvalue weighted by Crippen LogP contribution is -2.35. The molecule has 0 fully saturated rings. The van der Waals surface area contributed by atoms with Gasteiger partial charge in [0.1, 0.15) is 19.4 Å². The van der Waals surface area contributed by atoms with Crippen LogP contribution in [0.3, 0.4) is 0 Å². The summed E-state index contributed by atoms with van der Waals surface area (Å²) in [6.45, 7) is 1.98. The van der Waals surface area contributed by atoms with Crippen LogP contribution in [0.4, 0.5) is 0 Å². The summed E-state index contributed by atoms with van der Waals surface area (Å²) in [5, 5.41) is 4.12. The Morgan fingerprint density at radius 1 is 1.41 bits per heavy atom. The minimum absolute atomic E-state index is 0.0426. The molecule has 0 unspecified atom stereocenters. The van der Waals surface area contributed by atoms with Crippen molar-refractivity contribution in [2.45, 2.75) is 13.5 Å². The maximum absolute atomic E-state index is 12.0. The molecule has 0 radical (unpaired) electrons. The number of hydrogen-bond acceptors (Lipinski definition) is 6. The highest BCUT2D eigenvalue weighted by molar-refractivity contribution is 5.81. The van der Waals surface area contributed by atoms with E-state index in [9.17, 15) is 9.59 Å². The standard InChI is InChI=1S/C14H17N5O3/c1-3-22-14(21)9-18(2)13(20)8-19-7-11(6-17-19)12-4-5-15-10-16-12/h4-7,10H,3,8-9H2,1-2H3. The van der Waals surface area contributed by atoms with Gasteiger partial charge in [-0.25, -0.2) is 9.97 Å². The molecule has 2 aromatic heterocycles. The number of nitrogens with zero attached hydrogens (tertiary/aromatic N) is 5. The minimum atomic E-state index is -0.430. The molecule has 0 spiro atoms. The van der Waals surface area contributed by atoms with Crippen LogP contribution < -0.4 is 0 Å². The van der Waals surface area contributed by atoms with Crippen LogP contribution >= 0.6 is 0 Å². The van der Waals surface area contributed by atoms with E-state index in [1.807, 2.05) is 0 Å². The van der Waals surface area contributed by atoms with Gasteiger partial charge in [0.2, 0.25) is 5.91 Å². The summed E-state index contributed by atoms with van der Waals surface area (Å²) < 4.78 is 6.31. The van der Waals surface area contributed by atoms with Gasteiger partial charge >= 0.3 is 5.97 Å². The fourth-order valence-corrected chi connectivity index (χ4v) is 1.79. The molecule has 0 bridgehead atoms. The van der Waals surface area contributed by atoms with Crippen LogP contribution in [-0.4, -0.2) is 56.7 Å². The van der Waals surface area contributed by atoms with Crippen LogP contribution in [0.2, 0.25) is 0 Å². The van der Waals surface area contributed by atoms with Crippen molar-refractivity contribution in [1.82, 2.24) is 24.6 Å². The first-order valence-electron chi connectivity index (χ1n) is 6.78. The number of carbonyl (C=O) groups excluding carboxylic acids is 2. The smallest absolute Gasteiger partial charge is 0.325 e. The number of carbonyl (C=O) groups is 2. The molecule has 0 saturated heterocycles. The lowest BCUT2D eigenvalue weighted by molar-refractivity contribution is -0.148. The van der Waals surface area contributed by atoms with Crippen LogP contribution in [0.5, 0.6) is 0 Å². The average Bonchev–Trinajstić information content (AvgIpc) is 2.96. The van der Waals surface area contributed by atoms with Gasteiger partial charge in [-0.15, -0.1) is 0 Å². The maximum atomic E-state index is 12.0. The van der Waals surface area contributed by atoms with Crippen LogP contribution in [0.1, 0.15) is 6.92 Å². The Kier molecular flexibility index (Phi) is 5.18. The molecule has 2 rings (SSSR count). The lowest BCUT2D eigenvalue weighted by Gasteiger charge is -2.15. The monoisotopic (exact) mass is 303 g/mol. The Morgan fingerprint density at radius 2 is 2.23 bits per heavy atom. The normalized spacial score (nSPS) is 10.3. The third kappa shape index (κ3) is 4.11. The lowest BCUT2D eigenvalue weighted by atomic mass is 10.2. The second-order valence-corrected chi connectivity index (χ2v) is 4.58. The third-order valence-corrected chi connectivity index (χ3v) is 2.91. The molecule has 8 heteroatoms. The highest BCUT2D eigenvalue weighted by Crippen LogP contribution is 2.14. The Hall–Kier alpha value is -2.77. The SMILES string of the molecule is CCOC(=O)CN(C)C(=O)Cn1cc(-c2ccncn2)cn1. The van der Waals surface area contributed by atoms with Crippen molar-refractivity contribution in [3.8, 4) is 11.3 Å². The fourth-order valence-electron chi connectivity index (χ4n) is 1.79. The second-order valence-electron chi connectivity index (χ2n) is 4.58. The van der Waals surface area contributed by atoms with E-state index in [0.717, 1.165) is 11.3 Å². The number of rotatable bonds is 6. The summed E-state index contributed by atoms with van der Waals surface area (Å²) in [6.07, 6.45) is 6.43. The first-order chi connectivity index (χ1) is 10.6. The van der Waals surface area contributed by atoms with Gasteiger partial charge in [0.05, 0.1) is 18.5 Å². The number of amides is 1.